The smallest absolute Gasteiger partial charge is 0.0706 e. The summed E-state index contributed by atoms with van der Waals surface area (Å²) in [7, 11) is -1.37. The molecule has 0 saturated heterocycles. The standard InChI is InChI=1S/C17H26Si/c1-11-8-9-16(10-11)18(6,7)17-14(4)12(2)13(3)15(17)5/h8-10,16-17H,1-7H3. The Morgan fingerprint density at radius 3 is 1.78 bits per heavy atom. The van der Waals surface area contributed by atoms with E-state index < -0.39 is 8.07 Å². The van der Waals surface area contributed by atoms with Crippen LogP contribution in [0.4, 0.5) is 0 Å². The van der Waals surface area contributed by atoms with Gasteiger partial charge in [-0.2, -0.15) is 0 Å². The molecule has 2 aliphatic carbocycles. The van der Waals surface area contributed by atoms with Crippen LogP contribution in [0.2, 0.25) is 24.2 Å². The zero-order chi connectivity index (χ0) is 13.7. The molecule has 0 amide bonds. The third kappa shape index (κ3) is 1.89. The van der Waals surface area contributed by atoms with Crippen molar-refractivity contribution in [2.24, 2.45) is 0 Å². The lowest BCUT2D eigenvalue weighted by Gasteiger charge is -2.36. The van der Waals surface area contributed by atoms with Gasteiger partial charge in [-0.3, -0.25) is 0 Å². The van der Waals surface area contributed by atoms with Crippen molar-refractivity contribution >= 4 is 8.07 Å². The van der Waals surface area contributed by atoms with E-state index in [1.54, 1.807) is 22.3 Å². The van der Waals surface area contributed by atoms with E-state index in [-0.39, 0.29) is 0 Å². The molecule has 0 nitrogen and oxygen atoms in total. The largest absolute Gasteiger partial charge is 0.0800 e. The molecule has 1 unspecified atom stereocenters. The van der Waals surface area contributed by atoms with E-state index in [0.29, 0.717) is 5.54 Å². The van der Waals surface area contributed by atoms with Crippen LogP contribution in [0, 0.1) is 0 Å². The van der Waals surface area contributed by atoms with Crippen LogP contribution in [0.1, 0.15) is 34.6 Å². The van der Waals surface area contributed by atoms with Gasteiger partial charge in [0.2, 0.25) is 0 Å². The molecule has 0 bridgehead atoms. The van der Waals surface area contributed by atoms with Gasteiger partial charge in [0.15, 0.2) is 0 Å². The summed E-state index contributed by atoms with van der Waals surface area (Å²) in [5, 5.41) is 0. The topological polar surface area (TPSA) is 0 Å². The van der Waals surface area contributed by atoms with Crippen LogP contribution in [-0.2, 0) is 0 Å². The normalized spacial score (nSPS) is 25.5. The van der Waals surface area contributed by atoms with Gasteiger partial charge in [0, 0.05) is 0 Å². The molecule has 98 valence electrons. The van der Waals surface area contributed by atoms with E-state index in [9.17, 15) is 0 Å². The minimum Gasteiger partial charge on any atom is -0.0800 e. The fourth-order valence-electron chi connectivity index (χ4n) is 3.77. The number of hydrogen-bond donors (Lipinski definition) is 0. The molecule has 0 saturated carbocycles. The molecule has 0 heterocycles. The highest BCUT2D eigenvalue weighted by molar-refractivity contribution is 6.82. The molecule has 2 rings (SSSR count). The van der Waals surface area contributed by atoms with E-state index in [2.05, 4.69) is 65.9 Å². The summed E-state index contributed by atoms with van der Waals surface area (Å²) in [6.07, 6.45) is 7.22. The highest BCUT2D eigenvalue weighted by atomic mass is 28.3. The van der Waals surface area contributed by atoms with Crippen molar-refractivity contribution in [3.8, 4) is 0 Å². The molecule has 0 N–H and O–H groups in total. The summed E-state index contributed by atoms with van der Waals surface area (Å²) < 4.78 is 0. The molecular formula is C17H26Si. The predicted octanol–water partition coefficient (Wildman–Crippen LogP) is 5.64. The minimum absolute atomic E-state index is 0.700. The van der Waals surface area contributed by atoms with Gasteiger partial charge < -0.3 is 0 Å². The molecule has 0 aromatic carbocycles. The molecule has 0 fully saturated rings. The van der Waals surface area contributed by atoms with Crippen molar-refractivity contribution in [2.45, 2.75) is 58.8 Å². The Morgan fingerprint density at radius 1 is 0.889 bits per heavy atom. The second-order valence-corrected chi connectivity index (χ2v) is 11.6. The molecular weight excluding hydrogens is 232 g/mol. The van der Waals surface area contributed by atoms with Crippen molar-refractivity contribution in [3.05, 3.63) is 46.1 Å². The molecule has 18 heavy (non-hydrogen) atoms. The number of hydrogen-bond acceptors (Lipinski definition) is 0. The van der Waals surface area contributed by atoms with Crippen molar-refractivity contribution in [1.29, 1.82) is 0 Å². The predicted molar refractivity (Wildman–Crippen MR) is 84.6 cm³/mol. The zero-order valence-electron chi connectivity index (χ0n) is 12.9. The van der Waals surface area contributed by atoms with E-state index in [1.165, 1.54) is 5.57 Å². The maximum atomic E-state index is 2.56. The Hall–Kier alpha value is -0.823. The van der Waals surface area contributed by atoms with Crippen molar-refractivity contribution in [3.63, 3.8) is 0 Å². The molecule has 0 aliphatic heterocycles. The van der Waals surface area contributed by atoms with Gasteiger partial charge in [0.05, 0.1) is 8.07 Å². The van der Waals surface area contributed by atoms with E-state index in [0.717, 1.165) is 5.54 Å². The molecule has 2 aliphatic rings. The number of rotatable bonds is 2. The average molecular weight is 258 g/mol. The molecule has 0 spiro atoms. The molecule has 1 heteroatoms. The summed E-state index contributed by atoms with van der Waals surface area (Å²) in [5.74, 6) is 0. The van der Waals surface area contributed by atoms with Gasteiger partial charge in [-0.25, -0.2) is 0 Å². The Bertz CT molecular complexity index is 474. The van der Waals surface area contributed by atoms with Crippen LogP contribution in [0.25, 0.3) is 0 Å². The van der Waals surface area contributed by atoms with E-state index in [4.69, 9.17) is 0 Å². The van der Waals surface area contributed by atoms with Crippen molar-refractivity contribution in [2.75, 3.05) is 0 Å². The van der Waals surface area contributed by atoms with Crippen molar-refractivity contribution in [1.82, 2.24) is 0 Å². The van der Waals surface area contributed by atoms with Crippen LogP contribution in [0.3, 0.4) is 0 Å². The lowest BCUT2D eigenvalue weighted by atomic mass is 10.1. The summed E-state index contributed by atoms with van der Waals surface area (Å²) in [5.41, 5.74) is 9.22. The van der Waals surface area contributed by atoms with Gasteiger partial charge >= 0.3 is 0 Å². The summed E-state index contributed by atoms with van der Waals surface area (Å²) in [6.45, 7) is 16.6. The highest BCUT2D eigenvalue weighted by Gasteiger charge is 2.42. The highest BCUT2D eigenvalue weighted by Crippen LogP contribution is 2.51. The van der Waals surface area contributed by atoms with Crippen LogP contribution < -0.4 is 0 Å². The van der Waals surface area contributed by atoms with E-state index in [1.807, 2.05) is 0 Å². The zero-order valence-corrected chi connectivity index (χ0v) is 13.9. The lowest BCUT2D eigenvalue weighted by Crippen LogP contribution is -2.37. The minimum atomic E-state index is -1.37. The van der Waals surface area contributed by atoms with Crippen molar-refractivity contribution < 1.29 is 0 Å². The van der Waals surface area contributed by atoms with Gasteiger partial charge in [-0.15, -0.1) is 0 Å². The maximum absolute atomic E-state index is 2.56. The fraction of sp³-hybridized carbons (Fsp3) is 0.529. The van der Waals surface area contributed by atoms with Gasteiger partial charge in [0.1, 0.15) is 0 Å². The second-order valence-electron chi connectivity index (χ2n) is 6.67. The Morgan fingerprint density at radius 2 is 1.39 bits per heavy atom. The third-order valence-corrected chi connectivity index (χ3v) is 9.65. The van der Waals surface area contributed by atoms with Gasteiger partial charge in [-0.1, -0.05) is 48.0 Å². The maximum Gasteiger partial charge on any atom is 0.0706 e. The monoisotopic (exact) mass is 258 g/mol. The van der Waals surface area contributed by atoms with Gasteiger partial charge in [-0.05, 0) is 56.8 Å². The first-order valence-electron chi connectivity index (χ1n) is 6.98. The SMILES string of the molecule is CC1=CC([Si](C)(C)C2C(C)=C(C)C(C)=C2C)C=C1. The fourth-order valence-corrected chi connectivity index (χ4v) is 8.10. The second kappa shape index (κ2) is 4.38. The first kappa shape index (κ1) is 13.6. The Kier molecular flexibility index (Phi) is 3.31. The average Bonchev–Trinajstić information content (AvgIpc) is 2.80. The van der Waals surface area contributed by atoms with Crippen LogP contribution in [-0.4, -0.2) is 8.07 Å². The number of allylic oxidation sites excluding steroid dienone is 8. The van der Waals surface area contributed by atoms with Crippen LogP contribution in [0.15, 0.2) is 46.1 Å². The molecule has 0 aromatic rings. The molecule has 1 atom stereocenters. The van der Waals surface area contributed by atoms with Gasteiger partial charge in [0.25, 0.3) is 0 Å². The van der Waals surface area contributed by atoms with E-state index >= 15 is 0 Å². The summed E-state index contributed by atoms with van der Waals surface area (Å²) in [6, 6.07) is 0. The quantitative estimate of drug-likeness (QED) is 0.562. The summed E-state index contributed by atoms with van der Waals surface area (Å²) in [4.78, 5) is 0. The first-order chi connectivity index (χ1) is 8.26. The third-order valence-electron chi connectivity index (χ3n) is 5.22. The summed E-state index contributed by atoms with van der Waals surface area (Å²) >= 11 is 0. The first-order valence-corrected chi connectivity index (χ1v) is 10.1. The lowest BCUT2D eigenvalue weighted by molar-refractivity contribution is 1.03. The van der Waals surface area contributed by atoms with Crippen LogP contribution in [0.5, 0.6) is 0 Å². The molecule has 0 radical (unpaired) electrons. The Balaban J connectivity index is 2.41. The van der Waals surface area contributed by atoms with Crippen LogP contribution >= 0.6 is 0 Å². The molecule has 0 aromatic heterocycles. The Labute approximate surface area is 113 Å².